The second-order valence-electron chi connectivity index (χ2n) is 4.28. The molecule has 0 unspecified atom stereocenters. The van der Waals surface area contributed by atoms with E-state index in [0.717, 1.165) is 12.0 Å². The number of nitrogens with zero attached hydrogens (tertiary/aromatic N) is 3. The van der Waals surface area contributed by atoms with Gasteiger partial charge in [-0.25, -0.2) is 23.1 Å². The first kappa shape index (κ1) is 14.8. The van der Waals surface area contributed by atoms with Crippen LogP contribution in [0, 0.1) is 0 Å². The lowest BCUT2D eigenvalue weighted by atomic mass is 10.3. The van der Waals surface area contributed by atoms with Crippen LogP contribution < -0.4 is 9.62 Å². The van der Waals surface area contributed by atoms with Crippen LogP contribution in [0.3, 0.4) is 0 Å². The van der Waals surface area contributed by atoms with Gasteiger partial charge in [-0.2, -0.15) is 0 Å². The molecule has 1 heterocycles. The molecule has 0 bridgehead atoms. The zero-order valence-corrected chi connectivity index (χ0v) is 11.9. The first-order valence-electron chi connectivity index (χ1n) is 5.90. The van der Waals surface area contributed by atoms with Gasteiger partial charge in [0.2, 0.25) is 16.0 Å². The number of rotatable bonds is 7. The maximum Gasteiger partial charge on any atom is 0.224 e. The third-order valence-corrected chi connectivity index (χ3v) is 3.76. The monoisotopic (exact) mass is 272 g/mol. The van der Waals surface area contributed by atoms with E-state index in [4.69, 9.17) is 0 Å². The third kappa shape index (κ3) is 4.97. The van der Waals surface area contributed by atoms with Crippen LogP contribution in [-0.2, 0) is 16.6 Å². The molecule has 1 aromatic heterocycles. The van der Waals surface area contributed by atoms with Crippen LogP contribution in [0.1, 0.15) is 25.3 Å². The molecule has 0 spiro atoms. The lowest BCUT2D eigenvalue weighted by Crippen LogP contribution is -2.26. The highest BCUT2D eigenvalue weighted by atomic mass is 32.2. The van der Waals surface area contributed by atoms with Crippen LogP contribution in [0.4, 0.5) is 5.95 Å². The Hall–Kier alpha value is -1.21. The van der Waals surface area contributed by atoms with Crippen molar-refractivity contribution in [2.75, 3.05) is 24.7 Å². The molecule has 1 aromatic rings. The minimum Gasteiger partial charge on any atom is -0.347 e. The number of hydrogen-bond donors (Lipinski definition) is 1. The van der Waals surface area contributed by atoms with E-state index in [2.05, 4.69) is 14.7 Å². The molecule has 0 saturated heterocycles. The maximum atomic E-state index is 11.6. The zero-order valence-electron chi connectivity index (χ0n) is 11.0. The number of hydrogen-bond acceptors (Lipinski definition) is 5. The summed E-state index contributed by atoms with van der Waals surface area (Å²) in [5, 5.41) is 0. The number of aromatic nitrogens is 2. The van der Waals surface area contributed by atoms with E-state index in [0.29, 0.717) is 12.4 Å². The Bertz CT molecular complexity index is 456. The Morgan fingerprint density at radius 1 is 1.28 bits per heavy atom. The highest BCUT2D eigenvalue weighted by Gasteiger charge is 2.09. The van der Waals surface area contributed by atoms with Crippen LogP contribution in [0.15, 0.2) is 12.4 Å². The van der Waals surface area contributed by atoms with Crippen LogP contribution >= 0.6 is 0 Å². The average molecular weight is 272 g/mol. The SMILES string of the molecule is CCCCS(=O)(=O)NCc1cnc(N(C)C)nc1. The first-order valence-corrected chi connectivity index (χ1v) is 7.55. The van der Waals surface area contributed by atoms with Gasteiger partial charge in [0.15, 0.2) is 0 Å². The van der Waals surface area contributed by atoms with E-state index in [9.17, 15) is 8.42 Å². The van der Waals surface area contributed by atoms with Crippen molar-refractivity contribution in [2.24, 2.45) is 0 Å². The predicted molar refractivity (Wildman–Crippen MR) is 71.9 cm³/mol. The molecule has 1 N–H and O–H groups in total. The summed E-state index contributed by atoms with van der Waals surface area (Å²) >= 11 is 0. The van der Waals surface area contributed by atoms with Crippen molar-refractivity contribution in [3.8, 4) is 0 Å². The molecule has 0 aliphatic carbocycles. The van der Waals surface area contributed by atoms with Crippen LogP contribution in [0.2, 0.25) is 0 Å². The van der Waals surface area contributed by atoms with Crippen molar-refractivity contribution in [3.63, 3.8) is 0 Å². The Kier molecular flexibility index (Phi) is 5.49. The zero-order chi connectivity index (χ0) is 13.6. The predicted octanol–water partition coefficient (Wildman–Crippen LogP) is 0.762. The Morgan fingerprint density at radius 3 is 2.39 bits per heavy atom. The summed E-state index contributed by atoms with van der Waals surface area (Å²) in [7, 11) is 0.515. The standard InChI is InChI=1S/C11H20N4O2S/c1-4-5-6-18(16,17)14-9-10-7-12-11(13-8-10)15(2)3/h7-8,14H,4-6,9H2,1-3H3. The lowest BCUT2D eigenvalue weighted by Gasteiger charge is -2.10. The van der Waals surface area contributed by atoms with Crippen molar-refractivity contribution in [3.05, 3.63) is 18.0 Å². The number of nitrogens with one attached hydrogen (secondary N) is 1. The van der Waals surface area contributed by atoms with Crippen molar-refractivity contribution in [1.82, 2.24) is 14.7 Å². The van der Waals surface area contributed by atoms with Gasteiger partial charge in [-0.05, 0) is 6.42 Å². The molecule has 1 rings (SSSR count). The molecule has 0 saturated carbocycles. The van der Waals surface area contributed by atoms with Gasteiger partial charge in [0.25, 0.3) is 0 Å². The van der Waals surface area contributed by atoms with E-state index in [-0.39, 0.29) is 12.3 Å². The summed E-state index contributed by atoms with van der Waals surface area (Å²) in [6, 6.07) is 0. The highest BCUT2D eigenvalue weighted by Crippen LogP contribution is 2.03. The number of anilines is 1. The fourth-order valence-electron chi connectivity index (χ4n) is 1.27. The minimum atomic E-state index is -3.18. The van der Waals surface area contributed by atoms with Gasteiger partial charge in [0.05, 0.1) is 5.75 Å². The molecule has 6 nitrogen and oxygen atoms in total. The summed E-state index contributed by atoms with van der Waals surface area (Å²) in [6.07, 6.45) is 4.79. The topological polar surface area (TPSA) is 75.2 Å². The fourth-order valence-corrected chi connectivity index (χ4v) is 2.47. The second kappa shape index (κ2) is 6.65. The molecule has 18 heavy (non-hydrogen) atoms. The molecule has 102 valence electrons. The first-order chi connectivity index (χ1) is 8.44. The minimum absolute atomic E-state index is 0.167. The Balaban J connectivity index is 2.53. The highest BCUT2D eigenvalue weighted by molar-refractivity contribution is 7.89. The summed E-state index contributed by atoms with van der Waals surface area (Å²) in [6.45, 7) is 2.20. The lowest BCUT2D eigenvalue weighted by molar-refractivity contribution is 0.577. The van der Waals surface area contributed by atoms with Gasteiger partial charge < -0.3 is 4.90 Å². The fraction of sp³-hybridized carbons (Fsp3) is 0.636. The molecule has 0 aliphatic rings. The molecule has 0 aromatic carbocycles. The number of sulfonamides is 1. The van der Waals surface area contributed by atoms with Gasteiger partial charge in [-0.1, -0.05) is 13.3 Å². The van der Waals surface area contributed by atoms with Gasteiger partial charge in [0.1, 0.15) is 0 Å². The molecular weight excluding hydrogens is 252 g/mol. The molecular formula is C11H20N4O2S. The van der Waals surface area contributed by atoms with Crippen LogP contribution in [-0.4, -0.2) is 38.2 Å². The molecule has 0 fully saturated rings. The Labute approximate surface area is 108 Å². The maximum absolute atomic E-state index is 11.6. The van der Waals surface area contributed by atoms with Crippen molar-refractivity contribution < 1.29 is 8.42 Å². The normalized spacial score (nSPS) is 11.5. The van der Waals surface area contributed by atoms with E-state index in [1.165, 1.54) is 0 Å². The third-order valence-electron chi connectivity index (χ3n) is 2.35. The van der Waals surface area contributed by atoms with E-state index in [1.54, 1.807) is 17.3 Å². The quantitative estimate of drug-likeness (QED) is 0.793. The van der Waals surface area contributed by atoms with E-state index in [1.807, 2.05) is 21.0 Å². The van der Waals surface area contributed by atoms with Gasteiger partial charge >= 0.3 is 0 Å². The van der Waals surface area contributed by atoms with Gasteiger partial charge in [-0.15, -0.1) is 0 Å². The average Bonchev–Trinajstić information content (AvgIpc) is 2.35. The summed E-state index contributed by atoms with van der Waals surface area (Å²) in [5.74, 6) is 0.771. The van der Waals surface area contributed by atoms with Crippen molar-refractivity contribution in [1.29, 1.82) is 0 Å². The molecule has 0 atom stereocenters. The van der Waals surface area contributed by atoms with E-state index >= 15 is 0 Å². The second-order valence-corrected chi connectivity index (χ2v) is 6.21. The molecule has 7 heteroatoms. The summed E-state index contributed by atoms with van der Waals surface area (Å²) in [4.78, 5) is 10.0. The van der Waals surface area contributed by atoms with Gasteiger partial charge in [-0.3, -0.25) is 0 Å². The van der Waals surface area contributed by atoms with Crippen molar-refractivity contribution in [2.45, 2.75) is 26.3 Å². The number of unbranched alkanes of at least 4 members (excludes halogenated alkanes) is 1. The molecule has 0 aliphatic heterocycles. The van der Waals surface area contributed by atoms with Crippen LogP contribution in [0.25, 0.3) is 0 Å². The summed E-state index contributed by atoms with van der Waals surface area (Å²) < 4.78 is 25.7. The van der Waals surface area contributed by atoms with Crippen molar-refractivity contribution >= 4 is 16.0 Å². The molecule has 0 amide bonds. The summed E-state index contributed by atoms with van der Waals surface area (Å²) in [5.41, 5.74) is 0.751. The van der Waals surface area contributed by atoms with Crippen LogP contribution in [0.5, 0.6) is 0 Å². The Morgan fingerprint density at radius 2 is 1.89 bits per heavy atom. The van der Waals surface area contributed by atoms with E-state index < -0.39 is 10.0 Å². The van der Waals surface area contributed by atoms with Gasteiger partial charge in [0, 0.05) is 38.6 Å². The largest absolute Gasteiger partial charge is 0.347 e. The molecule has 0 radical (unpaired) electrons. The smallest absolute Gasteiger partial charge is 0.224 e.